The summed E-state index contributed by atoms with van der Waals surface area (Å²) >= 11 is 0. The van der Waals surface area contributed by atoms with Crippen molar-refractivity contribution in [3.8, 4) is 11.4 Å². The molecule has 3 rings (SSSR count). The van der Waals surface area contributed by atoms with Crippen LogP contribution in [0.3, 0.4) is 0 Å². The minimum atomic E-state index is -0.466. The third-order valence-corrected chi connectivity index (χ3v) is 3.45. The minimum absolute atomic E-state index is 0.0211. The summed E-state index contributed by atoms with van der Waals surface area (Å²) in [5.41, 5.74) is 0.401. The fourth-order valence-electron chi connectivity index (χ4n) is 2.16. The average molecular weight is 328 g/mol. The molecule has 0 aromatic carbocycles. The van der Waals surface area contributed by atoms with Crippen molar-refractivity contribution in [3.63, 3.8) is 0 Å². The Morgan fingerprint density at radius 1 is 1.29 bits per heavy atom. The van der Waals surface area contributed by atoms with Crippen LogP contribution in [0.1, 0.15) is 36.3 Å². The van der Waals surface area contributed by atoms with Crippen LogP contribution in [0.4, 0.5) is 0 Å². The van der Waals surface area contributed by atoms with Gasteiger partial charge in [-0.05, 0) is 24.1 Å². The molecule has 0 aliphatic carbocycles. The molecule has 24 heavy (non-hydrogen) atoms. The number of aromatic amines is 1. The van der Waals surface area contributed by atoms with Crippen molar-refractivity contribution in [2.45, 2.75) is 19.9 Å². The number of carbonyl (C=O) groups excluding carboxylic acids is 1. The normalized spacial score (nSPS) is 12.3. The van der Waals surface area contributed by atoms with E-state index < -0.39 is 6.04 Å². The van der Waals surface area contributed by atoms with Crippen LogP contribution < -0.4 is 10.9 Å². The highest BCUT2D eigenvalue weighted by atomic mass is 16.5. The van der Waals surface area contributed by atoms with Crippen LogP contribution in [-0.2, 0) is 0 Å². The highest BCUT2D eigenvalue weighted by Crippen LogP contribution is 2.23. The average Bonchev–Trinajstić information content (AvgIpc) is 3.24. The highest BCUT2D eigenvalue weighted by molar-refractivity contribution is 5.91. The van der Waals surface area contributed by atoms with Crippen LogP contribution in [-0.4, -0.2) is 21.0 Å². The Kier molecular flexibility index (Phi) is 4.28. The van der Waals surface area contributed by atoms with Crippen LogP contribution >= 0.6 is 0 Å². The molecular weight excluding hydrogens is 312 g/mol. The molecule has 2 N–H and O–H groups in total. The smallest absolute Gasteiger partial charge is 0.287 e. The van der Waals surface area contributed by atoms with Crippen molar-refractivity contribution in [3.05, 3.63) is 58.7 Å². The second-order valence-electron chi connectivity index (χ2n) is 5.57. The molecule has 8 nitrogen and oxygen atoms in total. The van der Waals surface area contributed by atoms with Crippen LogP contribution in [0.5, 0.6) is 0 Å². The summed E-state index contributed by atoms with van der Waals surface area (Å²) in [6, 6.07) is 5.72. The number of hydrogen-bond acceptors (Lipinski definition) is 6. The topological polar surface area (TPSA) is 114 Å². The summed E-state index contributed by atoms with van der Waals surface area (Å²) in [5, 5.41) is 6.73. The SMILES string of the molecule is CC(C)C(NC(=O)c1ccco1)c1nc(-c2ccc(=O)[nH]c2)no1. The first-order valence-corrected chi connectivity index (χ1v) is 7.41. The molecule has 3 aromatic heterocycles. The maximum Gasteiger partial charge on any atom is 0.287 e. The Morgan fingerprint density at radius 3 is 2.75 bits per heavy atom. The number of furan rings is 1. The van der Waals surface area contributed by atoms with Gasteiger partial charge in [0, 0.05) is 17.8 Å². The summed E-state index contributed by atoms with van der Waals surface area (Å²) in [5.74, 6) is 0.488. The number of aromatic nitrogens is 3. The molecule has 0 fully saturated rings. The predicted molar refractivity (Wildman–Crippen MR) is 84.1 cm³/mol. The Hall–Kier alpha value is -3.16. The molecule has 0 bridgehead atoms. The van der Waals surface area contributed by atoms with Gasteiger partial charge in [0.1, 0.15) is 6.04 Å². The van der Waals surface area contributed by atoms with Gasteiger partial charge in [0.25, 0.3) is 5.91 Å². The number of amides is 1. The van der Waals surface area contributed by atoms with Gasteiger partial charge >= 0.3 is 0 Å². The van der Waals surface area contributed by atoms with Crippen LogP contribution in [0.15, 0.2) is 50.5 Å². The van der Waals surface area contributed by atoms with E-state index in [0.717, 1.165) is 0 Å². The number of H-pyrrole nitrogens is 1. The van der Waals surface area contributed by atoms with Crippen molar-refractivity contribution >= 4 is 5.91 Å². The minimum Gasteiger partial charge on any atom is -0.459 e. The summed E-state index contributed by atoms with van der Waals surface area (Å²) < 4.78 is 10.4. The Morgan fingerprint density at radius 2 is 2.12 bits per heavy atom. The molecule has 0 spiro atoms. The molecule has 8 heteroatoms. The molecule has 0 saturated carbocycles. The Labute approximate surface area is 136 Å². The second kappa shape index (κ2) is 6.53. The van der Waals surface area contributed by atoms with Crippen molar-refractivity contribution in [2.24, 2.45) is 5.92 Å². The largest absolute Gasteiger partial charge is 0.459 e. The van der Waals surface area contributed by atoms with E-state index in [1.54, 1.807) is 18.2 Å². The van der Waals surface area contributed by atoms with E-state index in [0.29, 0.717) is 11.4 Å². The van der Waals surface area contributed by atoms with Crippen molar-refractivity contribution < 1.29 is 13.7 Å². The van der Waals surface area contributed by atoms with Gasteiger partial charge in [-0.1, -0.05) is 19.0 Å². The molecule has 3 aromatic rings. The summed E-state index contributed by atoms with van der Waals surface area (Å²) in [4.78, 5) is 30.2. The van der Waals surface area contributed by atoms with E-state index in [1.807, 2.05) is 13.8 Å². The number of nitrogens with zero attached hydrogens (tertiary/aromatic N) is 2. The zero-order chi connectivity index (χ0) is 17.1. The lowest BCUT2D eigenvalue weighted by atomic mass is 10.0. The maximum atomic E-state index is 12.2. The number of nitrogens with one attached hydrogen (secondary N) is 2. The van der Waals surface area contributed by atoms with E-state index in [9.17, 15) is 9.59 Å². The summed E-state index contributed by atoms with van der Waals surface area (Å²) in [6.07, 6.45) is 2.93. The van der Waals surface area contributed by atoms with Crippen molar-refractivity contribution in [2.75, 3.05) is 0 Å². The van der Waals surface area contributed by atoms with Gasteiger partial charge in [0.05, 0.1) is 6.26 Å². The number of hydrogen-bond donors (Lipinski definition) is 2. The third-order valence-electron chi connectivity index (χ3n) is 3.45. The molecular formula is C16H16N4O4. The van der Waals surface area contributed by atoms with Gasteiger partial charge in [0.15, 0.2) is 5.76 Å². The molecule has 1 atom stereocenters. The number of pyridine rings is 1. The summed E-state index contributed by atoms with van der Waals surface area (Å²) in [7, 11) is 0. The standard InChI is InChI=1S/C16H16N4O4/c1-9(2)13(18-15(22)11-4-3-7-23-11)16-19-14(20-24-16)10-5-6-12(21)17-8-10/h3-9,13H,1-2H3,(H,17,21)(H,18,22). The van der Waals surface area contributed by atoms with E-state index >= 15 is 0 Å². The number of rotatable bonds is 5. The Bertz CT molecular complexity index is 859. The second-order valence-corrected chi connectivity index (χ2v) is 5.57. The number of carbonyl (C=O) groups is 1. The van der Waals surface area contributed by atoms with Crippen LogP contribution in [0.25, 0.3) is 11.4 Å². The molecule has 124 valence electrons. The van der Waals surface area contributed by atoms with Crippen LogP contribution in [0, 0.1) is 5.92 Å². The quantitative estimate of drug-likeness (QED) is 0.741. The van der Waals surface area contributed by atoms with E-state index in [-0.39, 0.29) is 29.0 Å². The first kappa shape index (κ1) is 15.7. The zero-order valence-corrected chi connectivity index (χ0v) is 13.1. The molecule has 0 saturated heterocycles. The predicted octanol–water partition coefficient (Wildman–Crippen LogP) is 2.14. The molecule has 1 amide bonds. The fraction of sp³-hybridized carbons (Fsp3) is 0.250. The molecule has 0 radical (unpaired) electrons. The first-order valence-electron chi connectivity index (χ1n) is 7.41. The molecule has 0 aliphatic rings. The highest BCUT2D eigenvalue weighted by Gasteiger charge is 2.26. The monoisotopic (exact) mass is 328 g/mol. The van der Waals surface area contributed by atoms with Crippen molar-refractivity contribution in [1.29, 1.82) is 0 Å². The van der Waals surface area contributed by atoms with E-state index in [1.165, 1.54) is 18.5 Å². The van der Waals surface area contributed by atoms with E-state index in [2.05, 4.69) is 20.4 Å². The lowest BCUT2D eigenvalue weighted by Gasteiger charge is -2.17. The molecule has 0 aliphatic heterocycles. The van der Waals surface area contributed by atoms with Crippen molar-refractivity contribution in [1.82, 2.24) is 20.4 Å². The van der Waals surface area contributed by atoms with Gasteiger partial charge in [0.2, 0.25) is 17.3 Å². The molecule has 3 heterocycles. The first-order chi connectivity index (χ1) is 11.5. The zero-order valence-electron chi connectivity index (χ0n) is 13.1. The Balaban J connectivity index is 1.83. The van der Waals surface area contributed by atoms with Gasteiger partial charge in [-0.15, -0.1) is 0 Å². The van der Waals surface area contributed by atoms with Gasteiger partial charge < -0.3 is 19.2 Å². The fourth-order valence-corrected chi connectivity index (χ4v) is 2.16. The summed E-state index contributed by atoms with van der Waals surface area (Å²) in [6.45, 7) is 3.86. The van der Waals surface area contributed by atoms with Gasteiger partial charge in [-0.2, -0.15) is 4.98 Å². The van der Waals surface area contributed by atoms with Gasteiger partial charge in [-0.3, -0.25) is 9.59 Å². The third kappa shape index (κ3) is 3.27. The van der Waals surface area contributed by atoms with E-state index in [4.69, 9.17) is 8.94 Å². The maximum absolute atomic E-state index is 12.2. The lowest BCUT2D eigenvalue weighted by Crippen LogP contribution is -2.31. The molecule has 1 unspecified atom stereocenters. The lowest BCUT2D eigenvalue weighted by molar-refractivity contribution is 0.0885. The van der Waals surface area contributed by atoms with Crippen LogP contribution in [0.2, 0.25) is 0 Å². The van der Waals surface area contributed by atoms with Gasteiger partial charge in [-0.25, -0.2) is 0 Å².